The summed E-state index contributed by atoms with van der Waals surface area (Å²) in [6.45, 7) is 1.94. The second kappa shape index (κ2) is 6.95. The highest BCUT2D eigenvalue weighted by Gasteiger charge is 2.48. The molecule has 7 nitrogen and oxygen atoms in total. The van der Waals surface area contributed by atoms with Crippen molar-refractivity contribution in [2.45, 2.75) is 25.3 Å². The van der Waals surface area contributed by atoms with Gasteiger partial charge in [0.15, 0.2) is 0 Å². The maximum atomic E-state index is 12.8. The van der Waals surface area contributed by atoms with Gasteiger partial charge in [0, 0.05) is 18.7 Å². The number of carbonyl (C=O) groups excluding carboxylic acids is 2. The van der Waals surface area contributed by atoms with Crippen molar-refractivity contribution in [1.82, 2.24) is 10.2 Å². The number of non-ortho nitro benzene ring substituents is 1. The lowest BCUT2D eigenvalue weighted by Gasteiger charge is -2.22. The van der Waals surface area contributed by atoms with Gasteiger partial charge in [-0.15, -0.1) is 0 Å². The van der Waals surface area contributed by atoms with Crippen LogP contribution in [0.4, 0.5) is 10.5 Å². The van der Waals surface area contributed by atoms with E-state index in [9.17, 15) is 19.7 Å². The van der Waals surface area contributed by atoms with Gasteiger partial charge in [0.2, 0.25) is 0 Å². The Kier molecular flexibility index (Phi) is 4.71. The monoisotopic (exact) mass is 353 g/mol. The molecule has 1 unspecified atom stereocenters. The third kappa shape index (κ3) is 3.28. The van der Waals surface area contributed by atoms with Crippen molar-refractivity contribution in [2.75, 3.05) is 6.54 Å². The largest absolute Gasteiger partial charge is 0.325 e. The molecule has 26 heavy (non-hydrogen) atoms. The summed E-state index contributed by atoms with van der Waals surface area (Å²) in [5.41, 5.74) is 0.400. The predicted octanol–water partition coefficient (Wildman–Crippen LogP) is 2.99. The van der Waals surface area contributed by atoms with Gasteiger partial charge in [-0.25, -0.2) is 4.79 Å². The summed E-state index contributed by atoms with van der Waals surface area (Å²) >= 11 is 0. The van der Waals surface area contributed by atoms with E-state index >= 15 is 0 Å². The first-order chi connectivity index (χ1) is 12.4. The van der Waals surface area contributed by atoms with Crippen molar-refractivity contribution in [1.29, 1.82) is 0 Å². The number of amides is 3. The molecule has 0 spiro atoms. The first-order valence-electron chi connectivity index (χ1n) is 8.35. The predicted molar refractivity (Wildman–Crippen MR) is 95.5 cm³/mol. The second-order valence-corrected chi connectivity index (χ2v) is 6.41. The van der Waals surface area contributed by atoms with Crippen LogP contribution in [-0.4, -0.2) is 28.3 Å². The fourth-order valence-corrected chi connectivity index (χ4v) is 3.10. The van der Waals surface area contributed by atoms with E-state index in [1.54, 1.807) is 6.92 Å². The molecular weight excluding hydrogens is 334 g/mol. The topological polar surface area (TPSA) is 92.6 Å². The molecule has 1 fully saturated rings. The molecule has 0 aliphatic carbocycles. The molecule has 1 N–H and O–H groups in total. The van der Waals surface area contributed by atoms with Gasteiger partial charge >= 0.3 is 6.03 Å². The lowest BCUT2D eigenvalue weighted by molar-refractivity contribution is -0.384. The third-order valence-electron chi connectivity index (χ3n) is 4.62. The van der Waals surface area contributed by atoms with Gasteiger partial charge in [-0.1, -0.05) is 30.3 Å². The van der Waals surface area contributed by atoms with Gasteiger partial charge in [0.1, 0.15) is 5.54 Å². The summed E-state index contributed by atoms with van der Waals surface area (Å²) in [5, 5.41) is 13.5. The number of hydrogen-bond donors (Lipinski definition) is 1. The Bertz CT molecular complexity index is 836. The third-order valence-corrected chi connectivity index (χ3v) is 4.62. The van der Waals surface area contributed by atoms with Crippen LogP contribution >= 0.6 is 0 Å². The number of carbonyl (C=O) groups is 2. The lowest BCUT2D eigenvalue weighted by Crippen LogP contribution is -2.41. The number of benzene rings is 2. The molecule has 134 valence electrons. The Morgan fingerprint density at radius 1 is 1.08 bits per heavy atom. The minimum atomic E-state index is -1.21. The minimum absolute atomic E-state index is 0.0613. The van der Waals surface area contributed by atoms with Crippen LogP contribution in [0.1, 0.15) is 24.5 Å². The fraction of sp³-hybridized carbons (Fsp3) is 0.263. The van der Waals surface area contributed by atoms with E-state index in [1.807, 2.05) is 30.3 Å². The minimum Gasteiger partial charge on any atom is -0.319 e. The number of imide groups is 1. The van der Waals surface area contributed by atoms with Crippen LogP contribution in [0.5, 0.6) is 0 Å². The zero-order valence-electron chi connectivity index (χ0n) is 14.3. The van der Waals surface area contributed by atoms with Gasteiger partial charge in [0.05, 0.1) is 4.92 Å². The van der Waals surface area contributed by atoms with E-state index in [0.717, 1.165) is 12.0 Å². The Balaban J connectivity index is 1.70. The Hall–Kier alpha value is -3.22. The van der Waals surface area contributed by atoms with Crippen LogP contribution in [0, 0.1) is 10.1 Å². The maximum Gasteiger partial charge on any atom is 0.325 e. The smallest absolute Gasteiger partial charge is 0.319 e. The SMILES string of the molecule is CC1(c2ccc([N+](=O)[O-])cc2)NC(=O)N(CCCc2ccccc2)C1=O. The summed E-state index contributed by atoms with van der Waals surface area (Å²) in [7, 11) is 0. The number of nitro groups is 1. The van der Waals surface area contributed by atoms with Crippen LogP contribution in [0.2, 0.25) is 0 Å². The van der Waals surface area contributed by atoms with Crippen LogP contribution in [0.15, 0.2) is 54.6 Å². The number of rotatable bonds is 6. The van der Waals surface area contributed by atoms with Gasteiger partial charge < -0.3 is 5.32 Å². The highest BCUT2D eigenvalue weighted by molar-refractivity contribution is 6.07. The highest BCUT2D eigenvalue weighted by Crippen LogP contribution is 2.30. The van der Waals surface area contributed by atoms with E-state index in [0.29, 0.717) is 18.5 Å². The standard InChI is InChI=1S/C19H19N3O4/c1-19(15-9-11-16(12-10-15)22(25)26)17(23)21(18(24)20-19)13-5-8-14-6-3-2-4-7-14/h2-4,6-7,9-12H,5,8,13H2,1H3,(H,20,24). The van der Waals surface area contributed by atoms with E-state index < -0.39 is 16.5 Å². The van der Waals surface area contributed by atoms with Crippen LogP contribution in [0.25, 0.3) is 0 Å². The normalized spacial score (nSPS) is 19.5. The van der Waals surface area contributed by atoms with Crippen molar-refractivity contribution < 1.29 is 14.5 Å². The number of urea groups is 1. The Labute approximate surface area is 150 Å². The number of nitro benzene ring substituents is 1. The molecule has 2 aromatic carbocycles. The molecule has 0 saturated carbocycles. The van der Waals surface area contributed by atoms with Crippen molar-refractivity contribution in [2.24, 2.45) is 0 Å². The van der Waals surface area contributed by atoms with Crippen LogP contribution < -0.4 is 5.32 Å². The van der Waals surface area contributed by atoms with Gasteiger partial charge in [0.25, 0.3) is 11.6 Å². The van der Waals surface area contributed by atoms with Crippen molar-refractivity contribution >= 4 is 17.6 Å². The molecule has 1 aliphatic heterocycles. The quantitative estimate of drug-likeness (QED) is 0.491. The maximum absolute atomic E-state index is 12.8. The molecule has 1 aliphatic rings. The van der Waals surface area contributed by atoms with Gasteiger partial charge in [-0.3, -0.25) is 19.8 Å². The molecule has 3 amide bonds. The average molecular weight is 353 g/mol. The molecule has 0 radical (unpaired) electrons. The molecule has 2 aromatic rings. The van der Waals surface area contributed by atoms with Gasteiger partial charge in [-0.2, -0.15) is 0 Å². The van der Waals surface area contributed by atoms with Crippen molar-refractivity contribution in [3.8, 4) is 0 Å². The van der Waals surface area contributed by atoms with Crippen molar-refractivity contribution in [3.63, 3.8) is 0 Å². The molecule has 0 aromatic heterocycles. The Morgan fingerprint density at radius 3 is 2.35 bits per heavy atom. The average Bonchev–Trinajstić information content (AvgIpc) is 2.86. The highest BCUT2D eigenvalue weighted by atomic mass is 16.6. The zero-order chi connectivity index (χ0) is 18.7. The molecule has 1 atom stereocenters. The lowest BCUT2D eigenvalue weighted by atomic mass is 9.92. The van der Waals surface area contributed by atoms with E-state index in [1.165, 1.54) is 29.2 Å². The van der Waals surface area contributed by atoms with Crippen LogP contribution in [0.3, 0.4) is 0 Å². The molecule has 7 heteroatoms. The van der Waals surface area contributed by atoms with E-state index in [4.69, 9.17) is 0 Å². The van der Waals surface area contributed by atoms with Gasteiger partial charge in [-0.05, 0) is 43.0 Å². The Morgan fingerprint density at radius 2 is 1.73 bits per heavy atom. The second-order valence-electron chi connectivity index (χ2n) is 6.41. The first-order valence-corrected chi connectivity index (χ1v) is 8.35. The van der Waals surface area contributed by atoms with E-state index in [-0.39, 0.29) is 11.6 Å². The number of nitrogens with one attached hydrogen (secondary N) is 1. The summed E-state index contributed by atoms with van der Waals surface area (Å²) < 4.78 is 0. The number of hydrogen-bond acceptors (Lipinski definition) is 4. The number of nitrogens with zero attached hydrogens (tertiary/aromatic N) is 2. The zero-order valence-corrected chi connectivity index (χ0v) is 14.3. The van der Waals surface area contributed by atoms with Crippen molar-refractivity contribution in [3.05, 3.63) is 75.8 Å². The van der Waals surface area contributed by atoms with E-state index in [2.05, 4.69) is 5.32 Å². The summed E-state index contributed by atoms with van der Waals surface area (Å²) in [6.07, 6.45) is 1.44. The number of aryl methyl sites for hydroxylation is 1. The summed E-state index contributed by atoms with van der Waals surface area (Å²) in [6, 6.07) is 15.1. The van der Waals surface area contributed by atoms with Crippen LogP contribution in [-0.2, 0) is 16.8 Å². The summed E-state index contributed by atoms with van der Waals surface area (Å²) in [4.78, 5) is 36.6. The molecular formula is C19H19N3O4. The molecule has 3 rings (SSSR count). The fourth-order valence-electron chi connectivity index (χ4n) is 3.10. The first kappa shape index (κ1) is 17.6. The molecule has 1 saturated heterocycles. The molecule has 1 heterocycles. The molecule has 0 bridgehead atoms. The summed E-state index contributed by atoms with van der Waals surface area (Å²) in [5.74, 6) is -0.343.